The minimum absolute atomic E-state index is 0.179. The molecule has 24 N–H and O–H groups in total. The standard InChI is InChI=1S/C80H128O48S8/c1-25(65(97)98)9-129-17-33-57-41(81)49(89)73(113-33)122-58-34(18-130-10-26(2)66(99)100)115-75(51(91)43(58)83)124-60-36(20-132-12-28(4)68(103)104)117-77(53(93)45(60)85)126-62-38(22-134-14-30(6)70(107)108)119-79(55(95)47(62)87)128-64-40(24-136-16-32(8)72(111)112)120-80(56(96)48(64)88)127-63-39(23-135-15-31(7)71(109)110)118-78(54(94)46(63)86)125-61-37(21-133-13-29(5)69(105)106)116-76(52(92)44(61)84)123-59-35(19-131-11-27(3)67(101)102)114-74(121-57)50(90)42(59)82/h25-64,73-96H,9-24H2,1-8H3,(H,97,98)(H,99,100)(H,101,102)(H,103,104)(H,105,106)(H,107,108)(H,109,110)(H,111,112)/t25?,26?,27?,28?,29?,30?,31?,32?,33-,34-,35-,36-,37-,38-,39-,40-,41-,42-,43-,44-,45-,46-,47-,48-,49-,50-,51-,52-,53-,54-,55-,56-,57-,58-,59-,60-,61-,62-,63-,64-,73-,74-,75-,76-,77-,78-,79-,80-/m1/s1. The van der Waals surface area contributed by atoms with Gasteiger partial charge in [-0.1, -0.05) is 55.4 Å². The Morgan fingerprint density at radius 2 is 0.257 bits per heavy atom. The fourth-order valence-electron chi connectivity index (χ4n) is 15.3. The smallest absolute Gasteiger partial charge is 0.307 e. The lowest BCUT2D eigenvalue weighted by molar-refractivity contribution is -0.396. The summed E-state index contributed by atoms with van der Waals surface area (Å²) in [5, 5.41) is 277. The lowest BCUT2D eigenvalue weighted by atomic mass is 9.95. The van der Waals surface area contributed by atoms with E-state index >= 15 is 0 Å². The number of carbonyl (C=O) groups is 8. The van der Waals surface area contributed by atoms with Crippen molar-refractivity contribution >= 4 is 142 Å². The predicted molar refractivity (Wildman–Crippen MR) is 477 cm³/mol. The maximum absolute atomic E-state index is 12.4. The lowest BCUT2D eigenvalue weighted by Crippen LogP contribution is -2.69. The molecule has 0 aromatic carbocycles. The second kappa shape index (κ2) is 54.1. The van der Waals surface area contributed by atoms with E-state index in [1.54, 1.807) is 0 Å². The summed E-state index contributed by atoms with van der Waals surface area (Å²) in [6, 6.07) is 0. The van der Waals surface area contributed by atoms with E-state index in [9.17, 15) is 161 Å². The molecule has 30 heterocycles. The zero-order valence-corrected chi connectivity index (χ0v) is 81.4. The van der Waals surface area contributed by atoms with Gasteiger partial charge in [0, 0.05) is 92.0 Å². The Bertz CT molecular complexity index is 3080. The van der Waals surface area contributed by atoms with Gasteiger partial charge in [-0.05, 0) is 0 Å². The number of ether oxygens (including phenoxy) is 16. The molecule has 0 radical (unpaired) electrons. The number of aliphatic hydroxyl groups excluding tert-OH is 16. The van der Waals surface area contributed by atoms with Crippen molar-refractivity contribution in [1.29, 1.82) is 0 Å². The number of hydrogen-bond donors (Lipinski definition) is 24. The minimum atomic E-state index is -2.35. The second-order valence-electron chi connectivity index (χ2n) is 35.2. The zero-order chi connectivity index (χ0) is 101. The molecule has 30 aliphatic rings. The Morgan fingerprint density at radius 1 is 0.169 bits per heavy atom. The number of rotatable bonds is 40. The van der Waals surface area contributed by atoms with Gasteiger partial charge in [-0.3, -0.25) is 38.4 Å². The van der Waals surface area contributed by atoms with E-state index in [1.165, 1.54) is 55.4 Å². The molecule has 0 saturated carbocycles. The van der Waals surface area contributed by atoms with Crippen molar-refractivity contribution in [3.05, 3.63) is 0 Å². The first-order chi connectivity index (χ1) is 64.0. The third-order valence-electron chi connectivity index (χ3n) is 24.0. The maximum Gasteiger partial charge on any atom is 0.307 e. The summed E-state index contributed by atoms with van der Waals surface area (Å²) in [4.78, 5) is 97.6. The van der Waals surface area contributed by atoms with E-state index in [2.05, 4.69) is 0 Å². The molecule has 16 bridgehead atoms. The van der Waals surface area contributed by atoms with Gasteiger partial charge in [0.15, 0.2) is 50.3 Å². The first-order valence-corrected chi connectivity index (χ1v) is 53.1. The van der Waals surface area contributed by atoms with Gasteiger partial charge in [-0.2, -0.15) is 94.1 Å². The summed E-state index contributed by atoms with van der Waals surface area (Å²) in [6.07, 6.45) is -83.1. The molecule has 0 aromatic rings. The minimum Gasteiger partial charge on any atom is -0.481 e. The van der Waals surface area contributed by atoms with Gasteiger partial charge in [-0.25, -0.2) is 0 Å². The second-order valence-corrected chi connectivity index (χ2v) is 43.8. The highest BCUT2D eigenvalue weighted by Gasteiger charge is 2.61. The van der Waals surface area contributed by atoms with Crippen LogP contribution in [0.3, 0.4) is 0 Å². The van der Waals surface area contributed by atoms with Crippen LogP contribution in [0.25, 0.3) is 0 Å². The van der Waals surface area contributed by atoms with E-state index < -0.39 is 387 Å². The number of carboxylic acids is 8. The van der Waals surface area contributed by atoms with Crippen molar-refractivity contribution < 1.29 is 237 Å². The van der Waals surface area contributed by atoms with E-state index in [-0.39, 0.29) is 46.0 Å². The third-order valence-corrected chi connectivity index (χ3v) is 34.4. The molecule has 30 fully saturated rings. The van der Waals surface area contributed by atoms with Crippen LogP contribution >= 0.6 is 94.1 Å². The Kier molecular flexibility index (Phi) is 46.5. The predicted octanol–water partition coefficient (Wildman–Crippen LogP) is -5.71. The first kappa shape index (κ1) is 117. The summed E-state index contributed by atoms with van der Waals surface area (Å²) in [5.41, 5.74) is 0. The van der Waals surface area contributed by atoms with Gasteiger partial charge in [0.2, 0.25) is 0 Å². The van der Waals surface area contributed by atoms with Crippen molar-refractivity contribution in [2.45, 2.75) is 301 Å². The number of thioether (sulfide) groups is 8. The maximum atomic E-state index is 12.4. The summed E-state index contributed by atoms with van der Waals surface area (Å²) in [6.45, 7) is 10.8. The first-order valence-electron chi connectivity index (χ1n) is 43.8. The topological polar surface area (TPSA) is 770 Å². The van der Waals surface area contributed by atoms with Crippen LogP contribution in [0.1, 0.15) is 55.4 Å². The molecule has 784 valence electrons. The molecule has 56 heteroatoms. The SMILES string of the molecule is CC(CSC[C@H]1O[C@@H]2O[C@H]3[C@H](O)[C@@H](O)[C@@H](O[C@H]4[C@H](O)[C@@H](O)[C@@H](O[C@H]5[C@H](O)[C@@H](O)[C@@H](O[C@H]6[C@H](O)[C@@H](O)[C@@H](O[C@H]7[C@H](O)[C@@H](O)[C@@H](O[C@H]8[C@H](O)[C@@H](O)[C@@H](O[C@H]9[C@H](O)[C@@H](O)[C@@H](O[C@H]1[C@H](O)[C@H]2O)O[C@@H]9CSCC(C)C(=O)O)O[C@@H]8CSCC(C)C(=O)O)O[C@@H]7CSCC(C)C(=O)O)O[C@@H]6CSCC(C)C(=O)O)O[C@@H]5CSCC(C)C(=O)O)O[C@@H]4CSCC(C)C(=O)O)O[C@@H]3CSCC(C)C(=O)O)C(=O)O. The van der Waals surface area contributed by atoms with Crippen LogP contribution in [-0.4, -0.2) is 508 Å². The summed E-state index contributed by atoms with van der Waals surface area (Å²) in [5.74, 6) is -23.2. The molecular weight excluding hydrogens is 1990 g/mol. The number of aliphatic hydroxyl groups is 16. The molecule has 0 spiro atoms. The Balaban J connectivity index is 1.15. The highest BCUT2D eigenvalue weighted by molar-refractivity contribution is 8.00. The number of aliphatic carboxylic acids is 8. The average Bonchev–Trinajstić information content (AvgIpc) is 0.762. The molecule has 48 nitrogen and oxygen atoms in total. The molecular formula is C80H128O48S8. The van der Waals surface area contributed by atoms with Crippen LogP contribution < -0.4 is 0 Å². The van der Waals surface area contributed by atoms with Crippen LogP contribution in [0.4, 0.5) is 0 Å². The van der Waals surface area contributed by atoms with Gasteiger partial charge in [0.25, 0.3) is 0 Å². The van der Waals surface area contributed by atoms with Gasteiger partial charge >= 0.3 is 47.8 Å². The summed E-state index contributed by atoms with van der Waals surface area (Å²) < 4.78 is 102. The van der Waals surface area contributed by atoms with Gasteiger partial charge in [0.1, 0.15) is 146 Å². The zero-order valence-electron chi connectivity index (χ0n) is 74.8. The quantitative estimate of drug-likeness (QED) is 0.0272. The van der Waals surface area contributed by atoms with E-state index in [1.807, 2.05) is 0 Å². The Labute approximate surface area is 814 Å². The molecule has 48 atom stereocenters. The van der Waals surface area contributed by atoms with Crippen molar-refractivity contribution in [2.75, 3.05) is 92.0 Å². The van der Waals surface area contributed by atoms with Crippen LogP contribution in [-0.2, 0) is 114 Å². The molecule has 0 aromatic heterocycles. The largest absolute Gasteiger partial charge is 0.481 e. The molecule has 0 aliphatic carbocycles. The number of hydrogen-bond acceptors (Lipinski definition) is 48. The van der Waals surface area contributed by atoms with E-state index in [0.717, 1.165) is 94.1 Å². The van der Waals surface area contributed by atoms with Crippen LogP contribution in [0.5, 0.6) is 0 Å². The monoisotopic (exact) mass is 2110 g/mol. The number of carboxylic acid groups (broad SMARTS) is 8. The Hall–Kier alpha value is -2.72. The normalized spacial score (nSPS) is 41.7. The molecule has 8 unspecified atom stereocenters. The Morgan fingerprint density at radius 3 is 0.338 bits per heavy atom. The molecule has 30 rings (SSSR count). The van der Waals surface area contributed by atoms with Gasteiger partial charge in [0.05, 0.1) is 96.2 Å². The van der Waals surface area contributed by atoms with Crippen molar-refractivity contribution in [1.82, 2.24) is 0 Å². The fraction of sp³-hybridized carbons (Fsp3) is 0.900. The highest BCUT2D eigenvalue weighted by atomic mass is 32.2. The average molecular weight is 2110 g/mol. The van der Waals surface area contributed by atoms with Crippen LogP contribution in [0.15, 0.2) is 0 Å². The van der Waals surface area contributed by atoms with Crippen LogP contribution in [0.2, 0.25) is 0 Å². The molecule has 30 aliphatic heterocycles. The van der Waals surface area contributed by atoms with Gasteiger partial charge < -0.3 is 198 Å². The lowest BCUT2D eigenvalue weighted by Gasteiger charge is -2.51. The third kappa shape index (κ3) is 30.7. The van der Waals surface area contributed by atoms with E-state index in [4.69, 9.17) is 75.8 Å². The van der Waals surface area contributed by atoms with E-state index in [0.29, 0.717) is 0 Å². The molecule has 136 heavy (non-hydrogen) atoms. The van der Waals surface area contributed by atoms with Crippen molar-refractivity contribution in [3.8, 4) is 0 Å². The molecule has 0 amide bonds. The van der Waals surface area contributed by atoms with Crippen molar-refractivity contribution in [3.63, 3.8) is 0 Å². The van der Waals surface area contributed by atoms with Crippen molar-refractivity contribution in [2.24, 2.45) is 47.3 Å². The van der Waals surface area contributed by atoms with Gasteiger partial charge in [-0.15, -0.1) is 0 Å². The highest BCUT2D eigenvalue weighted by Crippen LogP contribution is 2.44. The summed E-state index contributed by atoms with van der Waals surface area (Å²) >= 11 is 7.10. The fourth-order valence-corrected chi connectivity index (χ4v) is 24.3. The summed E-state index contributed by atoms with van der Waals surface area (Å²) in [7, 11) is 0. The molecule has 30 saturated heterocycles. The van der Waals surface area contributed by atoms with Crippen LogP contribution in [0, 0.1) is 47.3 Å².